The summed E-state index contributed by atoms with van der Waals surface area (Å²) in [5.74, 6) is -0.358. The highest BCUT2D eigenvalue weighted by Crippen LogP contribution is 2.33. The lowest BCUT2D eigenvalue weighted by Gasteiger charge is -2.23. The first kappa shape index (κ1) is 13.1. The third kappa shape index (κ3) is 2.27. The van der Waals surface area contributed by atoms with Crippen molar-refractivity contribution in [3.8, 4) is 0 Å². The molecule has 0 saturated carbocycles. The number of rotatable bonds is 3. The summed E-state index contributed by atoms with van der Waals surface area (Å²) in [6.07, 6.45) is 4.50. The first-order valence-electron chi connectivity index (χ1n) is 7.11. The van der Waals surface area contributed by atoms with Crippen LogP contribution >= 0.6 is 0 Å². The zero-order chi connectivity index (χ0) is 14.1. The minimum absolute atomic E-state index is 0.181. The predicted molar refractivity (Wildman–Crippen MR) is 79.1 cm³/mol. The molecule has 4 N–H and O–H groups in total. The fraction of sp³-hybridized carbons (Fsp3) is 0.375. The number of nitrogens with zero attached hydrogens (tertiary/aromatic N) is 1. The normalized spacial score (nSPS) is 15.8. The summed E-state index contributed by atoms with van der Waals surface area (Å²) >= 11 is 0. The molecule has 0 aliphatic heterocycles. The lowest BCUT2D eigenvalue weighted by atomic mass is 9.86. The van der Waals surface area contributed by atoms with E-state index in [1.807, 2.05) is 24.3 Å². The minimum atomic E-state index is -0.358. The smallest absolute Gasteiger partial charge is 0.219 e. The second kappa shape index (κ2) is 5.21. The molecule has 104 valence electrons. The maximum Gasteiger partial charge on any atom is 0.219 e. The predicted octanol–water partition coefficient (Wildman–Crippen LogP) is 1.99. The summed E-state index contributed by atoms with van der Waals surface area (Å²) in [7, 11) is 0. The zero-order valence-electron chi connectivity index (χ0n) is 11.4. The molecule has 0 spiro atoms. The third-order valence-electron chi connectivity index (χ3n) is 4.01. The zero-order valence-corrected chi connectivity index (χ0v) is 11.4. The van der Waals surface area contributed by atoms with Gasteiger partial charge in [-0.25, -0.2) is 0 Å². The number of aryl methyl sites for hydroxylation is 1. The van der Waals surface area contributed by atoms with Gasteiger partial charge in [-0.3, -0.25) is 9.78 Å². The molecular formula is C16H19N3O. The molecule has 0 fully saturated rings. The van der Waals surface area contributed by atoms with E-state index in [1.165, 1.54) is 12.0 Å². The van der Waals surface area contributed by atoms with E-state index in [-0.39, 0.29) is 18.4 Å². The molecular weight excluding hydrogens is 250 g/mol. The fourth-order valence-corrected chi connectivity index (χ4v) is 3.15. The average molecular weight is 269 g/mol. The number of hydrogen-bond acceptors (Lipinski definition) is 3. The van der Waals surface area contributed by atoms with Crippen molar-refractivity contribution in [3.05, 3.63) is 41.1 Å². The Bertz CT molecular complexity index is 666. The van der Waals surface area contributed by atoms with Gasteiger partial charge < -0.3 is 11.5 Å². The summed E-state index contributed by atoms with van der Waals surface area (Å²) in [5.41, 5.74) is 16.0. The Morgan fingerprint density at radius 1 is 1.25 bits per heavy atom. The number of pyridine rings is 1. The van der Waals surface area contributed by atoms with E-state index in [0.717, 1.165) is 41.4 Å². The lowest BCUT2D eigenvalue weighted by molar-refractivity contribution is -0.118. The van der Waals surface area contributed by atoms with E-state index in [9.17, 15) is 4.79 Å². The van der Waals surface area contributed by atoms with E-state index in [1.54, 1.807) is 0 Å². The van der Waals surface area contributed by atoms with Crippen LogP contribution in [0.1, 0.15) is 42.1 Å². The van der Waals surface area contributed by atoms with Crippen LogP contribution in [-0.2, 0) is 17.6 Å². The molecule has 20 heavy (non-hydrogen) atoms. The summed E-state index contributed by atoms with van der Waals surface area (Å²) < 4.78 is 0. The van der Waals surface area contributed by atoms with Crippen LogP contribution in [0.4, 0.5) is 0 Å². The first-order chi connectivity index (χ1) is 9.66. The van der Waals surface area contributed by atoms with Crippen LogP contribution in [0.15, 0.2) is 24.3 Å². The Kier molecular flexibility index (Phi) is 3.40. The average Bonchev–Trinajstić information content (AvgIpc) is 2.43. The van der Waals surface area contributed by atoms with Gasteiger partial charge in [0.05, 0.1) is 5.52 Å². The van der Waals surface area contributed by atoms with Crippen molar-refractivity contribution >= 4 is 16.8 Å². The van der Waals surface area contributed by atoms with Gasteiger partial charge in [0.25, 0.3) is 0 Å². The molecule has 3 rings (SSSR count). The Morgan fingerprint density at radius 2 is 2.00 bits per heavy atom. The van der Waals surface area contributed by atoms with Gasteiger partial charge in [0, 0.05) is 23.5 Å². The number of fused-ring (bicyclic) bond motifs is 2. The lowest BCUT2D eigenvalue weighted by Crippen LogP contribution is -2.23. The molecule has 0 saturated heterocycles. The van der Waals surface area contributed by atoms with Crippen LogP contribution < -0.4 is 11.5 Å². The van der Waals surface area contributed by atoms with Gasteiger partial charge in [-0.15, -0.1) is 0 Å². The van der Waals surface area contributed by atoms with E-state index >= 15 is 0 Å². The van der Waals surface area contributed by atoms with Crippen molar-refractivity contribution in [1.82, 2.24) is 4.98 Å². The van der Waals surface area contributed by atoms with Gasteiger partial charge in [0.1, 0.15) is 0 Å². The Labute approximate surface area is 118 Å². The second-order valence-corrected chi connectivity index (χ2v) is 5.45. The Hall–Kier alpha value is -1.94. The van der Waals surface area contributed by atoms with Gasteiger partial charge in [-0.1, -0.05) is 18.2 Å². The highest BCUT2D eigenvalue weighted by atomic mass is 16.1. The molecule has 1 unspecified atom stereocenters. The number of para-hydroxylation sites is 1. The SMILES string of the molecule is NC(=O)CC(N)c1c2c(nc3ccccc13)CCCC2. The molecule has 4 heteroatoms. The summed E-state index contributed by atoms with van der Waals surface area (Å²) in [6, 6.07) is 7.67. The first-order valence-corrected chi connectivity index (χ1v) is 7.11. The molecule has 4 nitrogen and oxygen atoms in total. The third-order valence-corrected chi connectivity index (χ3v) is 4.01. The fourth-order valence-electron chi connectivity index (χ4n) is 3.15. The minimum Gasteiger partial charge on any atom is -0.370 e. The van der Waals surface area contributed by atoms with Crippen LogP contribution in [0.2, 0.25) is 0 Å². The van der Waals surface area contributed by atoms with Crippen molar-refractivity contribution in [3.63, 3.8) is 0 Å². The number of primary amides is 1. The van der Waals surface area contributed by atoms with Crippen molar-refractivity contribution in [2.75, 3.05) is 0 Å². The molecule has 1 aromatic carbocycles. The number of hydrogen-bond donors (Lipinski definition) is 2. The maximum absolute atomic E-state index is 11.2. The van der Waals surface area contributed by atoms with E-state index in [0.29, 0.717) is 0 Å². The van der Waals surface area contributed by atoms with Gasteiger partial charge >= 0.3 is 0 Å². The van der Waals surface area contributed by atoms with Crippen LogP contribution in [0.5, 0.6) is 0 Å². The maximum atomic E-state index is 11.2. The number of carbonyl (C=O) groups is 1. The molecule has 0 bridgehead atoms. The molecule has 1 aromatic heterocycles. The van der Waals surface area contributed by atoms with Crippen molar-refractivity contribution in [2.45, 2.75) is 38.1 Å². The highest BCUT2D eigenvalue weighted by molar-refractivity contribution is 5.85. The van der Waals surface area contributed by atoms with E-state index < -0.39 is 0 Å². The summed E-state index contributed by atoms with van der Waals surface area (Å²) in [5, 5.41) is 1.06. The van der Waals surface area contributed by atoms with Gasteiger partial charge in [-0.05, 0) is 42.9 Å². The Balaban J connectivity index is 2.22. The number of nitrogens with two attached hydrogens (primary N) is 2. The van der Waals surface area contributed by atoms with Gasteiger partial charge in [0.2, 0.25) is 5.91 Å². The van der Waals surface area contributed by atoms with Crippen LogP contribution in [0, 0.1) is 0 Å². The van der Waals surface area contributed by atoms with Gasteiger partial charge in [0.15, 0.2) is 0 Å². The molecule has 1 aliphatic rings. The molecule has 1 atom stereocenters. The topological polar surface area (TPSA) is 82.0 Å². The molecule has 0 radical (unpaired) electrons. The summed E-state index contributed by atoms with van der Waals surface area (Å²) in [6.45, 7) is 0. The van der Waals surface area contributed by atoms with Crippen LogP contribution in [0.3, 0.4) is 0 Å². The summed E-state index contributed by atoms with van der Waals surface area (Å²) in [4.78, 5) is 16.0. The van der Waals surface area contributed by atoms with Crippen molar-refractivity contribution in [1.29, 1.82) is 0 Å². The number of benzene rings is 1. The largest absolute Gasteiger partial charge is 0.370 e. The molecule has 1 aliphatic carbocycles. The van der Waals surface area contributed by atoms with E-state index in [4.69, 9.17) is 16.5 Å². The quantitative estimate of drug-likeness (QED) is 0.894. The number of aromatic nitrogens is 1. The van der Waals surface area contributed by atoms with Crippen LogP contribution in [-0.4, -0.2) is 10.9 Å². The van der Waals surface area contributed by atoms with Crippen molar-refractivity contribution < 1.29 is 4.79 Å². The van der Waals surface area contributed by atoms with E-state index in [2.05, 4.69) is 0 Å². The number of carbonyl (C=O) groups excluding carboxylic acids is 1. The standard InChI is InChI=1S/C16H19N3O/c17-12(9-15(18)20)16-10-5-1-3-7-13(10)19-14-8-4-2-6-11(14)16/h1,3,5,7,12H,2,4,6,8-9,17H2,(H2,18,20). The number of amides is 1. The second-order valence-electron chi connectivity index (χ2n) is 5.45. The van der Waals surface area contributed by atoms with Gasteiger partial charge in [-0.2, -0.15) is 0 Å². The van der Waals surface area contributed by atoms with Crippen molar-refractivity contribution in [2.24, 2.45) is 11.5 Å². The molecule has 2 aromatic rings. The monoisotopic (exact) mass is 269 g/mol. The Morgan fingerprint density at radius 3 is 2.80 bits per heavy atom. The molecule has 1 heterocycles. The van der Waals surface area contributed by atoms with Crippen LogP contribution in [0.25, 0.3) is 10.9 Å². The highest BCUT2D eigenvalue weighted by Gasteiger charge is 2.22. The molecule has 1 amide bonds.